The second-order valence-corrected chi connectivity index (χ2v) is 3.73. The summed E-state index contributed by atoms with van der Waals surface area (Å²) in [6, 6.07) is 8.96. The van der Waals surface area contributed by atoms with Gasteiger partial charge in [-0.1, -0.05) is 12.1 Å². The first-order valence-corrected chi connectivity index (χ1v) is 4.93. The number of para-hydroxylation sites is 2. The van der Waals surface area contributed by atoms with Crippen molar-refractivity contribution in [1.29, 1.82) is 0 Å². The molecule has 0 atom stereocenters. The quantitative estimate of drug-likeness (QED) is 0.559. The highest BCUT2D eigenvalue weighted by Gasteiger charge is 2.10. The number of imidazole rings is 1. The van der Waals surface area contributed by atoms with Crippen LogP contribution in [-0.4, -0.2) is 14.1 Å². The summed E-state index contributed by atoms with van der Waals surface area (Å²) in [6.07, 6.45) is 0. The zero-order chi connectivity index (χ0) is 11.3. The molecule has 80 valence electrons. The molecule has 0 aliphatic rings. The average Bonchev–Trinajstić information content (AvgIpc) is 2.54. The van der Waals surface area contributed by atoms with Crippen molar-refractivity contribution in [2.24, 2.45) is 0 Å². The summed E-state index contributed by atoms with van der Waals surface area (Å²) in [7, 11) is 0. The Morgan fingerprint density at radius 2 is 1.94 bits per heavy atom. The van der Waals surface area contributed by atoms with Crippen molar-refractivity contribution in [3.63, 3.8) is 0 Å². The highest BCUT2D eigenvalue weighted by atomic mass is 16.1. The second kappa shape index (κ2) is 2.85. The molecule has 16 heavy (non-hydrogen) atoms. The Morgan fingerprint density at radius 3 is 2.69 bits per heavy atom. The van der Waals surface area contributed by atoms with Gasteiger partial charge in [0.25, 0.3) is 5.56 Å². The van der Waals surface area contributed by atoms with E-state index in [-0.39, 0.29) is 5.56 Å². The largest absolute Gasteiger partial charge is 0.336 e. The molecule has 0 saturated carbocycles. The monoisotopic (exact) mass is 214 g/mol. The second-order valence-electron chi connectivity index (χ2n) is 3.73. The summed E-state index contributed by atoms with van der Waals surface area (Å²) >= 11 is 0. The molecule has 0 amide bonds. The van der Waals surface area contributed by atoms with Gasteiger partial charge in [0.05, 0.1) is 11.0 Å². The molecule has 0 radical (unpaired) electrons. The van der Waals surface area contributed by atoms with E-state index in [1.165, 1.54) is 15.1 Å². The van der Waals surface area contributed by atoms with Gasteiger partial charge in [-0.3, -0.25) is 4.79 Å². The SMILES string of the molecule is Cc1cc(=O)n2c3ccccc3n(N)c2n1. The van der Waals surface area contributed by atoms with E-state index in [1.54, 1.807) is 6.92 Å². The Hall–Kier alpha value is -2.30. The summed E-state index contributed by atoms with van der Waals surface area (Å²) < 4.78 is 2.95. The number of nitrogens with two attached hydrogens (primary N) is 1. The van der Waals surface area contributed by atoms with E-state index >= 15 is 0 Å². The number of aromatic nitrogens is 3. The van der Waals surface area contributed by atoms with E-state index in [4.69, 9.17) is 5.84 Å². The zero-order valence-corrected chi connectivity index (χ0v) is 8.71. The highest BCUT2D eigenvalue weighted by molar-refractivity contribution is 5.80. The molecule has 1 aromatic carbocycles. The first-order valence-electron chi connectivity index (χ1n) is 4.93. The molecule has 2 heterocycles. The standard InChI is InChI=1S/C11H10N4O/c1-7-6-10(16)14-8-4-2-3-5-9(8)15(12)11(14)13-7/h2-6H,12H2,1H3. The minimum atomic E-state index is -0.108. The fraction of sp³-hybridized carbons (Fsp3) is 0.0909. The maximum Gasteiger partial charge on any atom is 0.259 e. The van der Waals surface area contributed by atoms with E-state index in [0.29, 0.717) is 11.5 Å². The van der Waals surface area contributed by atoms with Crippen LogP contribution in [0.5, 0.6) is 0 Å². The van der Waals surface area contributed by atoms with Crippen LogP contribution in [-0.2, 0) is 0 Å². The molecule has 0 spiro atoms. The molecule has 0 aliphatic heterocycles. The van der Waals surface area contributed by atoms with E-state index in [1.807, 2.05) is 24.3 Å². The topological polar surface area (TPSA) is 65.3 Å². The van der Waals surface area contributed by atoms with Gasteiger partial charge >= 0.3 is 0 Å². The molecule has 0 bridgehead atoms. The molecular formula is C11H10N4O. The minimum Gasteiger partial charge on any atom is -0.336 e. The molecule has 2 N–H and O–H groups in total. The lowest BCUT2D eigenvalue weighted by Gasteiger charge is -1.96. The molecule has 5 nitrogen and oxygen atoms in total. The predicted octanol–water partition coefficient (Wildman–Crippen LogP) is 0.671. The molecule has 0 unspecified atom stereocenters. The van der Waals surface area contributed by atoms with E-state index < -0.39 is 0 Å². The molecule has 3 aromatic rings. The molecular weight excluding hydrogens is 204 g/mol. The van der Waals surface area contributed by atoms with Gasteiger partial charge in [0, 0.05) is 11.8 Å². The van der Waals surface area contributed by atoms with E-state index in [2.05, 4.69) is 4.98 Å². The van der Waals surface area contributed by atoms with Crippen molar-refractivity contribution in [3.05, 3.63) is 46.4 Å². The number of rotatable bonds is 0. The van der Waals surface area contributed by atoms with Crippen LogP contribution in [0.1, 0.15) is 5.69 Å². The van der Waals surface area contributed by atoms with Crippen LogP contribution < -0.4 is 11.4 Å². The summed E-state index contributed by atoms with van der Waals surface area (Å²) in [5.74, 6) is 6.37. The highest BCUT2D eigenvalue weighted by Crippen LogP contribution is 2.15. The van der Waals surface area contributed by atoms with Crippen LogP contribution >= 0.6 is 0 Å². The van der Waals surface area contributed by atoms with E-state index in [0.717, 1.165) is 11.0 Å². The third kappa shape index (κ3) is 0.995. The molecule has 0 fully saturated rings. The van der Waals surface area contributed by atoms with Gasteiger partial charge in [0.15, 0.2) is 0 Å². The lowest BCUT2D eigenvalue weighted by Crippen LogP contribution is -2.16. The summed E-state index contributed by atoms with van der Waals surface area (Å²) in [4.78, 5) is 16.2. The van der Waals surface area contributed by atoms with Crippen LogP contribution in [0, 0.1) is 6.92 Å². The fourth-order valence-corrected chi connectivity index (χ4v) is 1.93. The van der Waals surface area contributed by atoms with Gasteiger partial charge in [-0.25, -0.2) is 14.1 Å². The number of hydrogen-bond donors (Lipinski definition) is 1. The van der Waals surface area contributed by atoms with Crippen LogP contribution in [0.2, 0.25) is 0 Å². The van der Waals surface area contributed by atoms with Crippen molar-refractivity contribution >= 4 is 16.8 Å². The van der Waals surface area contributed by atoms with E-state index in [9.17, 15) is 4.79 Å². The van der Waals surface area contributed by atoms with Gasteiger partial charge in [-0.15, -0.1) is 0 Å². The predicted molar refractivity (Wildman–Crippen MR) is 61.8 cm³/mol. The number of fused-ring (bicyclic) bond motifs is 3. The van der Waals surface area contributed by atoms with Gasteiger partial charge in [-0.2, -0.15) is 0 Å². The third-order valence-electron chi connectivity index (χ3n) is 2.63. The van der Waals surface area contributed by atoms with Gasteiger partial charge in [0.1, 0.15) is 0 Å². The minimum absolute atomic E-state index is 0.108. The van der Waals surface area contributed by atoms with Crippen molar-refractivity contribution in [1.82, 2.24) is 14.1 Å². The smallest absolute Gasteiger partial charge is 0.259 e. The van der Waals surface area contributed by atoms with Crippen LogP contribution in [0.4, 0.5) is 0 Å². The molecule has 0 aliphatic carbocycles. The lowest BCUT2D eigenvalue weighted by molar-refractivity contribution is 0.973. The summed E-state index contributed by atoms with van der Waals surface area (Å²) in [6.45, 7) is 1.78. The van der Waals surface area contributed by atoms with Crippen LogP contribution in [0.15, 0.2) is 35.1 Å². The Morgan fingerprint density at radius 1 is 1.25 bits per heavy atom. The van der Waals surface area contributed by atoms with Crippen molar-refractivity contribution in [2.45, 2.75) is 6.92 Å². The molecule has 0 saturated heterocycles. The van der Waals surface area contributed by atoms with Crippen molar-refractivity contribution < 1.29 is 0 Å². The Labute approximate surface area is 90.7 Å². The Kier molecular flexibility index (Phi) is 1.60. The number of hydrogen-bond acceptors (Lipinski definition) is 3. The normalized spacial score (nSPS) is 11.3. The summed E-state index contributed by atoms with van der Waals surface area (Å²) in [5, 5.41) is 0. The maximum atomic E-state index is 11.9. The number of aryl methyl sites for hydroxylation is 1. The Balaban J connectivity index is 2.73. The average molecular weight is 214 g/mol. The van der Waals surface area contributed by atoms with Crippen molar-refractivity contribution in [3.8, 4) is 0 Å². The first-order chi connectivity index (χ1) is 7.68. The summed E-state index contributed by atoms with van der Waals surface area (Å²) in [5.41, 5.74) is 2.12. The van der Waals surface area contributed by atoms with Gasteiger partial charge < -0.3 is 5.84 Å². The first kappa shape index (κ1) is 8.96. The van der Waals surface area contributed by atoms with Gasteiger partial charge in [0.2, 0.25) is 5.78 Å². The number of benzene rings is 1. The number of nitrogen functional groups attached to an aromatic ring is 1. The van der Waals surface area contributed by atoms with Gasteiger partial charge in [-0.05, 0) is 19.1 Å². The molecule has 3 rings (SSSR count). The molecule has 5 heteroatoms. The third-order valence-corrected chi connectivity index (χ3v) is 2.63. The van der Waals surface area contributed by atoms with Crippen LogP contribution in [0.3, 0.4) is 0 Å². The van der Waals surface area contributed by atoms with Crippen LogP contribution in [0.25, 0.3) is 16.8 Å². The Bertz CT molecular complexity index is 754. The molecule has 2 aromatic heterocycles. The maximum absolute atomic E-state index is 11.9. The fourth-order valence-electron chi connectivity index (χ4n) is 1.93. The zero-order valence-electron chi connectivity index (χ0n) is 8.71. The lowest BCUT2D eigenvalue weighted by atomic mass is 10.3. The van der Waals surface area contributed by atoms with Crippen molar-refractivity contribution in [2.75, 3.05) is 5.84 Å². The number of nitrogens with zero attached hydrogens (tertiary/aromatic N) is 3.